The van der Waals surface area contributed by atoms with Gasteiger partial charge in [0.25, 0.3) is 0 Å². The predicted molar refractivity (Wildman–Crippen MR) is 65.4 cm³/mol. The van der Waals surface area contributed by atoms with Crippen molar-refractivity contribution < 1.29 is 22.7 Å². The van der Waals surface area contributed by atoms with E-state index in [1.165, 1.54) is 12.1 Å². The first-order valence-corrected chi connectivity index (χ1v) is 6.93. The van der Waals surface area contributed by atoms with Crippen LogP contribution < -0.4 is 4.72 Å². The minimum absolute atomic E-state index is 0.0129. The molecule has 0 aromatic heterocycles. The van der Waals surface area contributed by atoms with Crippen molar-refractivity contribution in [1.82, 2.24) is 0 Å². The zero-order valence-corrected chi connectivity index (χ0v) is 10.6. The molecule has 0 spiro atoms. The van der Waals surface area contributed by atoms with E-state index in [-0.39, 0.29) is 24.3 Å². The first kappa shape index (κ1) is 14.4. The second-order valence-electron chi connectivity index (χ2n) is 3.94. The predicted octanol–water partition coefficient (Wildman–Crippen LogP) is 1.74. The van der Waals surface area contributed by atoms with Crippen molar-refractivity contribution >= 4 is 21.7 Å². The third-order valence-electron chi connectivity index (χ3n) is 2.12. The molecule has 0 atom stereocenters. The van der Waals surface area contributed by atoms with E-state index in [1.807, 2.05) is 0 Å². The lowest BCUT2D eigenvalue weighted by molar-refractivity contribution is -0.137. The highest BCUT2D eigenvalue weighted by Gasteiger charge is 2.12. The fraction of sp³-hybridized carbons (Fsp3) is 0.364. The molecule has 0 saturated carbocycles. The second-order valence-corrected chi connectivity index (χ2v) is 5.78. The minimum atomic E-state index is -3.64. The van der Waals surface area contributed by atoms with Gasteiger partial charge < -0.3 is 5.11 Å². The normalized spacial score (nSPS) is 11.2. The molecule has 0 saturated heterocycles. The Kier molecular flexibility index (Phi) is 4.66. The number of halogens is 1. The van der Waals surface area contributed by atoms with E-state index in [4.69, 9.17) is 5.11 Å². The molecule has 2 N–H and O–H groups in total. The molecular weight excluding hydrogens is 261 g/mol. The van der Waals surface area contributed by atoms with Gasteiger partial charge in [-0.25, -0.2) is 12.8 Å². The number of hydrogen-bond acceptors (Lipinski definition) is 3. The molecule has 100 valence electrons. The maximum atomic E-state index is 13.0. The molecule has 0 bridgehead atoms. The Bertz CT molecular complexity index is 522. The summed E-state index contributed by atoms with van der Waals surface area (Å²) in [5.74, 6) is -1.89. The Morgan fingerprint density at radius 3 is 2.61 bits per heavy atom. The van der Waals surface area contributed by atoms with Gasteiger partial charge in [0.05, 0.1) is 11.4 Å². The Labute approximate surface area is 105 Å². The third-order valence-corrected chi connectivity index (χ3v) is 3.49. The summed E-state index contributed by atoms with van der Waals surface area (Å²) in [6, 6.07) is 3.85. The lowest BCUT2D eigenvalue weighted by atomic mass is 10.2. The zero-order chi connectivity index (χ0) is 13.8. The van der Waals surface area contributed by atoms with E-state index in [2.05, 4.69) is 4.72 Å². The molecule has 0 aliphatic rings. The lowest BCUT2D eigenvalue weighted by Gasteiger charge is -2.08. The number of hydrogen-bond donors (Lipinski definition) is 2. The molecule has 0 amide bonds. The van der Waals surface area contributed by atoms with Crippen LogP contribution in [0.3, 0.4) is 0 Å². The molecule has 0 aliphatic carbocycles. The molecule has 1 aromatic carbocycles. The molecule has 0 radical (unpaired) electrons. The number of nitrogens with one attached hydrogen (secondary N) is 1. The van der Waals surface area contributed by atoms with Crippen molar-refractivity contribution in [3.8, 4) is 0 Å². The number of anilines is 1. The molecule has 0 unspecified atom stereocenters. The molecule has 0 fully saturated rings. The van der Waals surface area contributed by atoms with Gasteiger partial charge in [-0.2, -0.15) is 0 Å². The fourth-order valence-corrected chi connectivity index (χ4v) is 2.54. The summed E-state index contributed by atoms with van der Waals surface area (Å²) in [6.07, 6.45) is -0.206. The number of carboxylic acid groups (broad SMARTS) is 1. The second kappa shape index (κ2) is 5.81. The maximum absolute atomic E-state index is 13.0. The lowest BCUT2D eigenvalue weighted by Crippen LogP contribution is -2.17. The first-order valence-electron chi connectivity index (χ1n) is 5.28. The molecule has 1 rings (SSSR count). The van der Waals surface area contributed by atoms with E-state index >= 15 is 0 Å². The smallest absolute Gasteiger partial charge is 0.303 e. The number of aryl methyl sites for hydroxylation is 1. The average Bonchev–Trinajstić information content (AvgIpc) is 2.12. The standard InChI is InChI=1S/C11H14FNO4S/c1-8-5-9(12)7-10(6-8)13-18(16,17)4-2-3-11(14)15/h5-7,13H,2-4H2,1H3,(H,14,15). The summed E-state index contributed by atoms with van der Waals surface area (Å²) in [5, 5.41) is 8.41. The van der Waals surface area contributed by atoms with Gasteiger partial charge in [-0.15, -0.1) is 0 Å². The van der Waals surface area contributed by atoms with Crippen LogP contribution in [-0.4, -0.2) is 25.2 Å². The van der Waals surface area contributed by atoms with Crippen LogP contribution in [0.25, 0.3) is 0 Å². The highest BCUT2D eigenvalue weighted by molar-refractivity contribution is 7.92. The molecule has 5 nitrogen and oxygen atoms in total. The monoisotopic (exact) mass is 275 g/mol. The number of rotatable bonds is 6. The van der Waals surface area contributed by atoms with Crippen molar-refractivity contribution in [3.63, 3.8) is 0 Å². The van der Waals surface area contributed by atoms with Crippen molar-refractivity contribution in [2.45, 2.75) is 19.8 Å². The van der Waals surface area contributed by atoms with Gasteiger partial charge in [0, 0.05) is 6.42 Å². The van der Waals surface area contributed by atoms with E-state index in [0.717, 1.165) is 6.07 Å². The third kappa shape index (κ3) is 5.13. The Morgan fingerprint density at radius 1 is 1.39 bits per heavy atom. The first-order chi connectivity index (χ1) is 8.28. The summed E-state index contributed by atoms with van der Waals surface area (Å²) in [6.45, 7) is 1.64. The van der Waals surface area contributed by atoms with Gasteiger partial charge in [0.1, 0.15) is 5.82 Å². The van der Waals surface area contributed by atoms with Crippen LogP contribution in [-0.2, 0) is 14.8 Å². The maximum Gasteiger partial charge on any atom is 0.303 e. The molecule has 7 heteroatoms. The summed E-state index contributed by atoms with van der Waals surface area (Å²) in [5.41, 5.74) is 0.737. The van der Waals surface area contributed by atoms with Gasteiger partial charge in [-0.05, 0) is 37.1 Å². The molecular formula is C11H14FNO4S. The Morgan fingerprint density at radius 2 is 2.06 bits per heavy atom. The van der Waals surface area contributed by atoms with Crippen molar-refractivity contribution in [2.24, 2.45) is 0 Å². The van der Waals surface area contributed by atoms with Gasteiger partial charge in [-0.1, -0.05) is 0 Å². The van der Waals surface area contributed by atoms with Gasteiger partial charge >= 0.3 is 5.97 Å². The number of carbonyl (C=O) groups is 1. The molecule has 0 heterocycles. The zero-order valence-electron chi connectivity index (χ0n) is 9.81. The van der Waals surface area contributed by atoms with Crippen molar-refractivity contribution in [3.05, 3.63) is 29.6 Å². The molecule has 18 heavy (non-hydrogen) atoms. The van der Waals surface area contributed by atoms with E-state index < -0.39 is 21.8 Å². The van der Waals surface area contributed by atoms with E-state index in [0.29, 0.717) is 5.56 Å². The van der Waals surface area contributed by atoms with E-state index in [1.54, 1.807) is 6.92 Å². The van der Waals surface area contributed by atoms with Crippen LogP contribution in [0.15, 0.2) is 18.2 Å². The minimum Gasteiger partial charge on any atom is -0.481 e. The summed E-state index contributed by atoms with van der Waals surface area (Å²) in [4.78, 5) is 10.3. The summed E-state index contributed by atoms with van der Waals surface area (Å²) in [7, 11) is -3.64. The Hall–Kier alpha value is -1.63. The highest BCUT2D eigenvalue weighted by atomic mass is 32.2. The van der Waals surface area contributed by atoms with Crippen molar-refractivity contribution in [2.75, 3.05) is 10.5 Å². The van der Waals surface area contributed by atoms with Gasteiger partial charge in [0.2, 0.25) is 10.0 Å². The fourth-order valence-electron chi connectivity index (χ4n) is 1.44. The van der Waals surface area contributed by atoms with Crippen LogP contribution in [0.4, 0.5) is 10.1 Å². The number of benzene rings is 1. The van der Waals surface area contributed by atoms with Crippen molar-refractivity contribution in [1.29, 1.82) is 0 Å². The van der Waals surface area contributed by atoms with Crippen LogP contribution in [0.5, 0.6) is 0 Å². The highest BCUT2D eigenvalue weighted by Crippen LogP contribution is 2.15. The van der Waals surface area contributed by atoms with Crippen LogP contribution in [0.1, 0.15) is 18.4 Å². The van der Waals surface area contributed by atoms with E-state index in [9.17, 15) is 17.6 Å². The number of aliphatic carboxylic acids is 1. The number of carboxylic acids is 1. The summed E-state index contributed by atoms with van der Waals surface area (Å²) >= 11 is 0. The Balaban J connectivity index is 2.67. The largest absolute Gasteiger partial charge is 0.481 e. The quantitative estimate of drug-likeness (QED) is 0.828. The summed E-state index contributed by atoms with van der Waals surface area (Å²) < 4.78 is 38.4. The van der Waals surface area contributed by atoms with Crippen LogP contribution in [0, 0.1) is 12.7 Å². The topological polar surface area (TPSA) is 83.5 Å². The average molecular weight is 275 g/mol. The van der Waals surface area contributed by atoms with Crippen LogP contribution in [0.2, 0.25) is 0 Å². The van der Waals surface area contributed by atoms with Gasteiger partial charge in [0.15, 0.2) is 0 Å². The van der Waals surface area contributed by atoms with Crippen LogP contribution >= 0.6 is 0 Å². The molecule has 1 aromatic rings. The number of sulfonamides is 1. The van der Waals surface area contributed by atoms with Gasteiger partial charge in [-0.3, -0.25) is 9.52 Å². The SMILES string of the molecule is Cc1cc(F)cc(NS(=O)(=O)CCCC(=O)O)c1. The molecule has 0 aliphatic heterocycles.